The predicted molar refractivity (Wildman–Crippen MR) is 130 cm³/mol. The normalized spacial score (nSPS) is 21.8. The number of benzene rings is 1. The van der Waals surface area contributed by atoms with Crippen molar-refractivity contribution in [3.8, 4) is 6.07 Å². The van der Waals surface area contributed by atoms with Crippen LogP contribution in [0.1, 0.15) is 57.9 Å². The number of likely N-dealkylation sites (tertiary alicyclic amines) is 1. The summed E-state index contributed by atoms with van der Waals surface area (Å²) in [6.07, 6.45) is -0.0894. The van der Waals surface area contributed by atoms with E-state index in [9.17, 15) is 20.0 Å². The van der Waals surface area contributed by atoms with Crippen molar-refractivity contribution < 1.29 is 24.2 Å². The van der Waals surface area contributed by atoms with Gasteiger partial charge in [0.25, 0.3) is 0 Å². The molecule has 1 aliphatic carbocycles. The molecule has 0 bridgehead atoms. The maximum atomic E-state index is 12.9. The lowest BCUT2D eigenvalue weighted by atomic mass is 10.1. The molecule has 2 aliphatic rings. The van der Waals surface area contributed by atoms with E-state index in [1.54, 1.807) is 24.8 Å². The lowest BCUT2D eigenvalue weighted by Gasteiger charge is -2.30. The molecule has 0 spiro atoms. The number of nitrogens with zero attached hydrogens (tertiary/aromatic N) is 3. The van der Waals surface area contributed by atoms with Gasteiger partial charge in [-0.1, -0.05) is 0 Å². The number of aliphatic hydroxyl groups is 1. The number of hydrogen-bond donors (Lipinski definition) is 2. The lowest BCUT2D eigenvalue weighted by molar-refractivity contribution is 0.0134. The van der Waals surface area contributed by atoms with Crippen LogP contribution in [-0.2, 0) is 28.9 Å². The SMILES string of the molecule is CC(C)OC(=O)N[C@H]1Cc2c(n(C[C@@H]3[C@@H](O)CCN3C(=O)OC(C)(C)C)c3ccc(C#N)cc23)C1. The number of nitrogens with one attached hydrogen (secondary N) is 1. The number of ether oxygens (including phenoxy) is 2. The first-order valence-electron chi connectivity index (χ1n) is 12.2. The van der Waals surface area contributed by atoms with Crippen molar-refractivity contribution in [3.05, 3.63) is 35.0 Å². The highest BCUT2D eigenvalue weighted by Crippen LogP contribution is 2.35. The summed E-state index contributed by atoms with van der Waals surface area (Å²) in [5, 5.41) is 24.1. The summed E-state index contributed by atoms with van der Waals surface area (Å²) in [7, 11) is 0. The zero-order valence-corrected chi connectivity index (χ0v) is 21.0. The molecule has 188 valence electrons. The Morgan fingerprint density at radius 1 is 1.29 bits per heavy atom. The fourth-order valence-corrected chi connectivity index (χ4v) is 5.08. The molecule has 2 heterocycles. The zero-order valence-electron chi connectivity index (χ0n) is 21.0. The number of aliphatic hydroxyl groups excluding tert-OH is 1. The van der Waals surface area contributed by atoms with Gasteiger partial charge in [0.2, 0.25) is 0 Å². The molecule has 2 aromatic rings. The number of alkyl carbamates (subject to hydrolysis) is 1. The van der Waals surface area contributed by atoms with Crippen LogP contribution in [0.4, 0.5) is 9.59 Å². The fraction of sp³-hybridized carbons (Fsp3) is 0.577. The number of amides is 2. The van der Waals surface area contributed by atoms with Crippen LogP contribution in [0.15, 0.2) is 18.2 Å². The van der Waals surface area contributed by atoms with Crippen molar-refractivity contribution in [2.24, 2.45) is 0 Å². The average Bonchev–Trinajstić information content (AvgIpc) is 3.40. The van der Waals surface area contributed by atoms with Gasteiger partial charge in [-0.25, -0.2) is 9.59 Å². The van der Waals surface area contributed by atoms with Crippen molar-refractivity contribution in [3.63, 3.8) is 0 Å². The van der Waals surface area contributed by atoms with E-state index in [4.69, 9.17) is 9.47 Å². The second-order valence-corrected chi connectivity index (χ2v) is 10.7. The minimum atomic E-state index is -0.676. The number of carbonyl (C=O) groups is 2. The Morgan fingerprint density at radius 3 is 2.69 bits per heavy atom. The Labute approximate surface area is 205 Å². The van der Waals surface area contributed by atoms with Gasteiger partial charge in [0.1, 0.15) is 5.60 Å². The Bertz CT molecular complexity index is 1170. The van der Waals surface area contributed by atoms with Crippen LogP contribution in [0.25, 0.3) is 10.9 Å². The highest BCUT2D eigenvalue weighted by Gasteiger charge is 2.40. The molecule has 2 N–H and O–H groups in total. The van der Waals surface area contributed by atoms with Crippen LogP contribution in [0.5, 0.6) is 0 Å². The summed E-state index contributed by atoms with van der Waals surface area (Å²) >= 11 is 0. The van der Waals surface area contributed by atoms with E-state index in [1.807, 2.05) is 32.9 Å². The predicted octanol–water partition coefficient (Wildman–Crippen LogP) is 3.49. The third-order valence-electron chi connectivity index (χ3n) is 6.48. The Kier molecular flexibility index (Phi) is 6.69. The van der Waals surface area contributed by atoms with Gasteiger partial charge in [-0.2, -0.15) is 5.26 Å². The molecule has 35 heavy (non-hydrogen) atoms. The minimum Gasteiger partial charge on any atom is -0.447 e. The van der Waals surface area contributed by atoms with E-state index < -0.39 is 29.9 Å². The van der Waals surface area contributed by atoms with Gasteiger partial charge in [0.15, 0.2) is 0 Å². The number of aromatic nitrogens is 1. The number of carbonyl (C=O) groups excluding carboxylic acids is 2. The zero-order chi connectivity index (χ0) is 25.5. The molecule has 3 atom stereocenters. The Hall–Kier alpha value is -3.25. The van der Waals surface area contributed by atoms with Crippen LogP contribution in [-0.4, -0.2) is 63.2 Å². The Morgan fingerprint density at radius 2 is 2.03 bits per heavy atom. The quantitative estimate of drug-likeness (QED) is 0.689. The maximum Gasteiger partial charge on any atom is 0.410 e. The molecule has 9 heteroatoms. The first-order valence-corrected chi connectivity index (χ1v) is 12.2. The summed E-state index contributed by atoms with van der Waals surface area (Å²) in [6.45, 7) is 9.89. The molecule has 0 saturated carbocycles. The smallest absolute Gasteiger partial charge is 0.410 e. The van der Waals surface area contributed by atoms with Crippen molar-refractivity contribution in [1.82, 2.24) is 14.8 Å². The summed E-state index contributed by atoms with van der Waals surface area (Å²) in [4.78, 5) is 26.7. The van der Waals surface area contributed by atoms with Crippen molar-refractivity contribution in [2.45, 2.75) is 90.3 Å². The largest absolute Gasteiger partial charge is 0.447 e. The van der Waals surface area contributed by atoms with Crippen LogP contribution in [0.3, 0.4) is 0 Å². The molecule has 2 amide bonds. The van der Waals surface area contributed by atoms with Gasteiger partial charge in [-0.05, 0) is 71.2 Å². The topological polar surface area (TPSA) is 117 Å². The van der Waals surface area contributed by atoms with Crippen molar-refractivity contribution in [1.29, 1.82) is 5.26 Å². The standard InChI is InChI=1S/C26H34N4O5/c1-15(2)34-24(32)28-17-11-19-18-10-16(13-27)6-7-20(18)30(21(19)12-17)14-22-23(31)8-9-29(22)25(33)35-26(3,4)5/h6-7,10,15,17,22-23,31H,8-9,11-12,14H2,1-5H3,(H,28,32)/t17-,22+,23-/m0/s1. The molecule has 9 nitrogen and oxygen atoms in total. The number of nitriles is 1. The van der Waals surface area contributed by atoms with Crippen LogP contribution >= 0.6 is 0 Å². The highest BCUT2D eigenvalue weighted by molar-refractivity contribution is 5.88. The third-order valence-corrected chi connectivity index (χ3v) is 6.48. The molecule has 1 aliphatic heterocycles. The molecule has 1 aromatic heterocycles. The molecule has 1 aromatic carbocycles. The van der Waals surface area contributed by atoms with Crippen LogP contribution < -0.4 is 5.32 Å². The summed E-state index contributed by atoms with van der Waals surface area (Å²) in [5.74, 6) is 0. The van der Waals surface area contributed by atoms with Gasteiger partial charge >= 0.3 is 12.2 Å². The van der Waals surface area contributed by atoms with Crippen molar-refractivity contribution >= 4 is 23.1 Å². The average molecular weight is 483 g/mol. The van der Waals surface area contributed by atoms with E-state index in [1.165, 1.54) is 0 Å². The summed E-state index contributed by atoms with van der Waals surface area (Å²) < 4.78 is 13.0. The molecule has 0 unspecified atom stereocenters. The van der Waals surface area contributed by atoms with E-state index in [2.05, 4.69) is 16.0 Å². The monoisotopic (exact) mass is 482 g/mol. The Balaban J connectivity index is 1.65. The summed E-state index contributed by atoms with van der Waals surface area (Å²) in [5.41, 5.74) is 2.98. The van der Waals surface area contributed by atoms with E-state index >= 15 is 0 Å². The first kappa shape index (κ1) is 24.9. The molecule has 4 rings (SSSR count). The van der Waals surface area contributed by atoms with Gasteiger partial charge in [0.05, 0.1) is 29.9 Å². The second kappa shape index (κ2) is 9.42. The summed E-state index contributed by atoms with van der Waals surface area (Å²) in [6, 6.07) is 7.18. The number of rotatable bonds is 4. The van der Waals surface area contributed by atoms with Crippen LogP contribution in [0, 0.1) is 11.3 Å². The fourth-order valence-electron chi connectivity index (χ4n) is 5.08. The van der Waals surface area contributed by atoms with E-state index in [0.29, 0.717) is 37.9 Å². The lowest BCUT2D eigenvalue weighted by Crippen LogP contribution is -2.45. The third kappa shape index (κ3) is 5.22. The number of fused-ring (bicyclic) bond motifs is 3. The second-order valence-electron chi connectivity index (χ2n) is 10.7. The van der Waals surface area contributed by atoms with Gasteiger partial charge < -0.3 is 29.4 Å². The molecular weight excluding hydrogens is 448 g/mol. The first-order chi connectivity index (χ1) is 16.5. The molecule has 0 radical (unpaired) electrons. The van der Waals surface area contributed by atoms with Gasteiger partial charge in [-0.15, -0.1) is 0 Å². The maximum absolute atomic E-state index is 12.9. The molecule has 1 fully saturated rings. The van der Waals surface area contributed by atoms with E-state index in [-0.39, 0.29) is 12.1 Å². The van der Waals surface area contributed by atoms with Gasteiger partial charge in [-0.3, -0.25) is 0 Å². The molecular formula is C26H34N4O5. The van der Waals surface area contributed by atoms with Crippen LogP contribution in [0.2, 0.25) is 0 Å². The highest BCUT2D eigenvalue weighted by atomic mass is 16.6. The molecule has 1 saturated heterocycles. The number of hydrogen-bond acceptors (Lipinski definition) is 6. The van der Waals surface area contributed by atoms with E-state index in [0.717, 1.165) is 22.2 Å². The minimum absolute atomic E-state index is 0.136. The van der Waals surface area contributed by atoms with Crippen molar-refractivity contribution in [2.75, 3.05) is 6.54 Å². The van der Waals surface area contributed by atoms with Gasteiger partial charge in [0, 0.05) is 42.1 Å².